The predicted octanol–water partition coefficient (Wildman–Crippen LogP) is 3.03. The third-order valence-corrected chi connectivity index (χ3v) is 4.83. The van der Waals surface area contributed by atoms with Gasteiger partial charge in [0.25, 0.3) is 0 Å². The first-order chi connectivity index (χ1) is 8.21. The second-order valence-corrected chi connectivity index (χ2v) is 6.36. The van der Waals surface area contributed by atoms with E-state index in [0.717, 1.165) is 6.04 Å². The molecule has 0 radical (unpaired) electrons. The number of hydrogen-bond donors (Lipinski definition) is 1. The van der Waals surface area contributed by atoms with E-state index in [1.807, 2.05) is 0 Å². The topological polar surface area (TPSA) is 15.3 Å². The lowest BCUT2D eigenvalue weighted by molar-refractivity contribution is -0.0584. The summed E-state index contributed by atoms with van der Waals surface area (Å²) in [5.41, 5.74) is 0.681. The third-order valence-electron chi connectivity index (χ3n) is 4.83. The fraction of sp³-hybridized carbons (Fsp3) is 1.00. The minimum Gasteiger partial charge on any atom is -0.313 e. The van der Waals surface area contributed by atoms with Crippen LogP contribution in [0.4, 0.5) is 0 Å². The van der Waals surface area contributed by atoms with Crippen LogP contribution in [-0.2, 0) is 0 Å². The standard InChI is InChI=1S/C15H30N2/c1-4-8-15(9-5-2)11-17(12-15)14-7-6-10-16-13(14)3/h13-14,16H,4-12H2,1-3H3. The normalized spacial score (nSPS) is 33.4. The molecule has 2 aliphatic rings. The molecular formula is C15H30N2. The van der Waals surface area contributed by atoms with Gasteiger partial charge in [0.1, 0.15) is 0 Å². The molecule has 2 aliphatic heterocycles. The van der Waals surface area contributed by atoms with E-state index < -0.39 is 0 Å². The van der Waals surface area contributed by atoms with Crippen molar-refractivity contribution in [1.82, 2.24) is 10.2 Å². The fourth-order valence-corrected chi connectivity index (χ4v) is 4.08. The van der Waals surface area contributed by atoms with Gasteiger partial charge in [-0.15, -0.1) is 0 Å². The molecule has 0 spiro atoms. The second kappa shape index (κ2) is 5.71. The van der Waals surface area contributed by atoms with Crippen LogP contribution in [-0.4, -0.2) is 36.6 Å². The van der Waals surface area contributed by atoms with Gasteiger partial charge in [0, 0.05) is 25.2 Å². The summed E-state index contributed by atoms with van der Waals surface area (Å²) in [6, 6.07) is 1.51. The molecule has 0 saturated carbocycles. The molecule has 2 rings (SSSR count). The number of piperidine rings is 1. The molecule has 2 heterocycles. The highest BCUT2D eigenvalue weighted by Gasteiger charge is 2.45. The summed E-state index contributed by atoms with van der Waals surface area (Å²) in [4.78, 5) is 2.75. The Kier molecular flexibility index (Phi) is 4.48. The van der Waals surface area contributed by atoms with E-state index in [-0.39, 0.29) is 0 Å². The third kappa shape index (κ3) is 2.85. The van der Waals surface area contributed by atoms with Crippen molar-refractivity contribution >= 4 is 0 Å². The van der Waals surface area contributed by atoms with Gasteiger partial charge in [-0.2, -0.15) is 0 Å². The zero-order valence-corrected chi connectivity index (χ0v) is 12.0. The van der Waals surface area contributed by atoms with Crippen LogP contribution in [0.2, 0.25) is 0 Å². The van der Waals surface area contributed by atoms with E-state index in [4.69, 9.17) is 0 Å². The molecule has 2 saturated heterocycles. The van der Waals surface area contributed by atoms with Crippen LogP contribution in [0.1, 0.15) is 59.3 Å². The highest BCUT2D eigenvalue weighted by Crippen LogP contribution is 2.41. The molecule has 0 aromatic rings. The van der Waals surface area contributed by atoms with Gasteiger partial charge in [-0.25, -0.2) is 0 Å². The van der Waals surface area contributed by atoms with Crippen LogP contribution >= 0.6 is 0 Å². The smallest absolute Gasteiger partial charge is 0.0247 e. The monoisotopic (exact) mass is 238 g/mol. The van der Waals surface area contributed by atoms with Crippen LogP contribution < -0.4 is 5.32 Å². The van der Waals surface area contributed by atoms with Gasteiger partial charge in [-0.1, -0.05) is 26.7 Å². The Hall–Kier alpha value is -0.0800. The van der Waals surface area contributed by atoms with Gasteiger partial charge in [-0.3, -0.25) is 4.90 Å². The Balaban J connectivity index is 1.86. The second-order valence-electron chi connectivity index (χ2n) is 6.36. The van der Waals surface area contributed by atoms with E-state index in [1.54, 1.807) is 0 Å². The minimum absolute atomic E-state index is 0.681. The Morgan fingerprint density at radius 1 is 1.18 bits per heavy atom. The number of nitrogens with one attached hydrogen (secondary N) is 1. The zero-order valence-electron chi connectivity index (χ0n) is 12.0. The van der Waals surface area contributed by atoms with E-state index in [0.29, 0.717) is 11.5 Å². The molecule has 1 N–H and O–H groups in total. The van der Waals surface area contributed by atoms with Crippen LogP contribution in [0, 0.1) is 5.41 Å². The number of rotatable bonds is 5. The van der Waals surface area contributed by atoms with Crippen molar-refractivity contribution in [1.29, 1.82) is 0 Å². The maximum atomic E-state index is 3.63. The molecule has 2 unspecified atom stereocenters. The first-order valence-electron chi connectivity index (χ1n) is 7.68. The van der Waals surface area contributed by atoms with Gasteiger partial charge in [0.15, 0.2) is 0 Å². The lowest BCUT2D eigenvalue weighted by Gasteiger charge is -2.56. The first-order valence-corrected chi connectivity index (χ1v) is 7.68. The summed E-state index contributed by atoms with van der Waals surface area (Å²) in [7, 11) is 0. The van der Waals surface area contributed by atoms with E-state index in [9.17, 15) is 0 Å². The molecule has 0 bridgehead atoms. The predicted molar refractivity (Wildman–Crippen MR) is 74.3 cm³/mol. The summed E-state index contributed by atoms with van der Waals surface area (Å²) in [6.07, 6.45) is 8.35. The Morgan fingerprint density at radius 2 is 1.82 bits per heavy atom. The average Bonchev–Trinajstić information content (AvgIpc) is 2.26. The van der Waals surface area contributed by atoms with Crippen LogP contribution in [0.25, 0.3) is 0 Å². The van der Waals surface area contributed by atoms with E-state index >= 15 is 0 Å². The number of nitrogens with zero attached hydrogens (tertiary/aromatic N) is 1. The van der Waals surface area contributed by atoms with Gasteiger partial charge < -0.3 is 5.32 Å². The largest absolute Gasteiger partial charge is 0.313 e. The van der Waals surface area contributed by atoms with Crippen molar-refractivity contribution in [3.8, 4) is 0 Å². The number of hydrogen-bond acceptors (Lipinski definition) is 2. The van der Waals surface area contributed by atoms with Gasteiger partial charge in [0.2, 0.25) is 0 Å². The molecule has 0 aromatic carbocycles. The molecular weight excluding hydrogens is 208 g/mol. The molecule has 17 heavy (non-hydrogen) atoms. The first kappa shape index (κ1) is 13.4. The molecule has 0 aliphatic carbocycles. The highest BCUT2D eigenvalue weighted by atomic mass is 15.3. The van der Waals surface area contributed by atoms with Gasteiger partial charge in [0.05, 0.1) is 0 Å². The van der Waals surface area contributed by atoms with E-state index in [1.165, 1.54) is 58.2 Å². The lowest BCUT2D eigenvalue weighted by atomic mass is 9.71. The van der Waals surface area contributed by atoms with Crippen molar-refractivity contribution in [2.45, 2.75) is 71.4 Å². The van der Waals surface area contributed by atoms with Gasteiger partial charge in [-0.05, 0) is 44.6 Å². The molecule has 0 aromatic heterocycles. The summed E-state index contributed by atoms with van der Waals surface area (Å²) < 4.78 is 0. The van der Waals surface area contributed by atoms with Crippen molar-refractivity contribution in [3.05, 3.63) is 0 Å². The minimum atomic E-state index is 0.681. The lowest BCUT2D eigenvalue weighted by Crippen LogP contribution is -2.64. The maximum absolute atomic E-state index is 3.63. The number of likely N-dealkylation sites (tertiary alicyclic amines) is 1. The quantitative estimate of drug-likeness (QED) is 0.792. The summed E-state index contributed by atoms with van der Waals surface area (Å²) in [6.45, 7) is 11.0. The summed E-state index contributed by atoms with van der Waals surface area (Å²) in [5, 5.41) is 3.63. The molecule has 2 heteroatoms. The maximum Gasteiger partial charge on any atom is 0.0247 e. The van der Waals surface area contributed by atoms with Crippen LogP contribution in [0.5, 0.6) is 0 Å². The SMILES string of the molecule is CCCC1(CCC)CN(C2CCCNC2C)C1. The van der Waals surface area contributed by atoms with Crippen molar-refractivity contribution < 1.29 is 0 Å². The summed E-state index contributed by atoms with van der Waals surface area (Å²) in [5.74, 6) is 0. The molecule has 2 nitrogen and oxygen atoms in total. The van der Waals surface area contributed by atoms with Gasteiger partial charge >= 0.3 is 0 Å². The van der Waals surface area contributed by atoms with Crippen LogP contribution in [0.3, 0.4) is 0 Å². The average molecular weight is 238 g/mol. The van der Waals surface area contributed by atoms with Crippen molar-refractivity contribution in [2.75, 3.05) is 19.6 Å². The molecule has 100 valence electrons. The van der Waals surface area contributed by atoms with Crippen LogP contribution in [0.15, 0.2) is 0 Å². The Labute approximate surface area is 107 Å². The fourth-order valence-electron chi connectivity index (χ4n) is 4.08. The van der Waals surface area contributed by atoms with E-state index in [2.05, 4.69) is 31.0 Å². The van der Waals surface area contributed by atoms with Crippen molar-refractivity contribution in [3.63, 3.8) is 0 Å². The zero-order chi connectivity index (χ0) is 12.3. The molecule has 2 fully saturated rings. The highest BCUT2D eigenvalue weighted by molar-refractivity contribution is 5.00. The Bertz CT molecular complexity index is 225. The molecule has 0 amide bonds. The Morgan fingerprint density at radius 3 is 2.35 bits per heavy atom. The summed E-state index contributed by atoms with van der Waals surface area (Å²) >= 11 is 0. The van der Waals surface area contributed by atoms with Crippen molar-refractivity contribution in [2.24, 2.45) is 5.41 Å². The molecule has 2 atom stereocenters.